The van der Waals surface area contributed by atoms with Crippen LogP contribution in [0.4, 0.5) is 5.69 Å². The van der Waals surface area contributed by atoms with Gasteiger partial charge in [0.25, 0.3) is 0 Å². The van der Waals surface area contributed by atoms with Crippen LogP contribution in [0, 0.1) is 12.8 Å². The minimum atomic E-state index is -3.52. The van der Waals surface area contributed by atoms with Crippen molar-refractivity contribution in [1.82, 2.24) is 4.72 Å². The summed E-state index contributed by atoms with van der Waals surface area (Å²) >= 11 is 0. The Morgan fingerprint density at radius 1 is 1.42 bits per heavy atom. The second-order valence-electron chi connectivity index (χ2n) is 5.20. The summed E-state index contributed by atoms with van der Waals surface area (Å²) < 4.78 is 26.8. The van der Waals surface area contributed by atoms with E-state index in [0.29, 0.717) is 18.7 Å². The second kappa shape index (κ2) is 5.48. The zero-order chi connectivity index (χ0) is 14.0. The molecule has 0 amide bonds. The molecule has 0 radical (unpaired) electrons. The van der Waals surface area contributed by atoms with Crippen molar-refractivity contribution < 1.29 is 13.5 Å². The number of sulfonamides is 1. The van der Waals surface area contributed by atoms with Gasteiger partial charge in [0.15, 0.2) is 0 Å². The molecule has 0 spiro atoms. The van der Waals surface area contributed by atoms with Crippen LogP contribution in [0.25, 0.3) is 0 Å². The largest absolute Gasteiger partial charge is 0.398 e. The van der Waals surface area contributed by atoms with Crippen LogP contribution in [0.2, 0.25) is 0 Å². The highest BCUT2D eigenvalue weighted by molar-refractivity contribution is 7.89. The van der Waals surface area contributed by atoms with E-state index in [4.69, 9.17) is 5.73 Å². The lowest BCUT2D eigenvalue weighted by molar-refractivity contribution is 0.178. The molecule has 19 heavy (non-hydrogen) atoms. The fourth-order valence-corrected chi connectivity index (χ4v) is 3.48. The summed E-state index contributed by atoms with van der Waals surface area (Å²) in [5.41, 5.74) is 7.06. The Labute approximate surface area is 113 Å². The number of hydrogen-bond donors (Lipinski definition) is 3. The van der Waals surface area contributed by atoms with Gasteiger partial charge in [0.05, 0.1) is 11.0 Å². The summed E-state index contributed by atoms with van der Waals surface area (Å²) in [6.07, 6.45) is 1.99. The van der Waals surface area contributed by atoms with Crippen LogP contribution >= 0.6 is 0 Å². The van der Waals surface area contributed by atoms with Crippen LogP contribution in [-0.2, 0) is 10.0 Å². The first-order chi connectivity index (χ1) is 8.88. The van der Waals surface area contributed by atoms with Gasteiger partial charge in [-0.1, -0.05) is 6.07 Å². The van der Waals surface area contributed by atoms with Crippen LogP contribution in [-0.4, -0.2) is 26.2 Å². The van der Waals surface area contributed by atoms with Crippen molar-refractivity contribution in [2.45, 2.75) is 37.2 Å². The maximum absolute atomic E-state index is 12.1. The SMILES string of the molecule is Cc1ccc(S(=O)(=O)NCC2CCC(O)C2)cc1N. The van der Waals surface area contributed by atoms with Crippen molar-refractivity contribution in [2.75, 3.05) is 12.3 Å². The third-order valence-electron chi connectivity index (χ3n) is 3.64. The number of nitrogens with one attached hydrogen (secondary N) is 1. The summed E-state index contributed by atoms with van der Waals surface area (Å²) in [5, 5.41) is 9.42. The molecule has 4 N–H and O–H groups in total. The maximum Gasteiger partial charge on any atom is 0.240 e. The maximum atomic E-state index is 12.1. The van der Waals surface area contributed by atoms with Crippen LogP contribution in [0.15, 0.2) is 23.1 Å². The van der Waals surface area contributed by atoms with Gasteiger partial charge in [-0.2, -0.15) is 0 Å². The molecule has 0 saturated heterocycles. The van der Waals surface area contributed by atoms with E-state index in [1.165, 1.54) is 6.07 Å². The molecule has 2 rings (SSSR count). The molecule has 2 atom stereocenters. The lowest BCUT2D eigenvalue weighted by atomic mass is 10.1. The molecule has 1 aliphatic rings. The minimum absolute atomic E-state index is 0.189. The van der Waals surface area contributed by atoms with E-state index in [1.54, 1.807) is 12.1 Å². The van der Waals surface area contributed by atoms with E-state index in [0.717, 1.165) is 18.4 Å². The van der Waals surface area contributed by atoms with Gasteiger partial charge in [0.1, 0.15) is 0 Å². The van der Waals surface area contributed by atoms with Crippen molar-refractivity contribution >= 4 is 15.7 Å². The highest BCUT2D eigenvalue weighted by Gasteiger charge is 2.24. The van der Waals surface area contributed by atoms with Gasteiger partial charge in [0.2, 0.25) is 10.0 Å². The Bertz CT molecular complexity index is 557. The quantitative estimate of drug-likeness (QED) is 0.720. The number of hydrogen-bond acceptors (Lipinski definition) is 4. The zero-order valence-electron chi connectivity index (χ0n) is 11.0. The molecule has 2 unspecified atom stereocenters. The standard InChI is InChI=1S/C13H20N2O3S/c1-9-2-5-12(7-13(9)14)19(17,18)15-8-10-3-4-11(16)6-10/h2,5,7,10-11,15-16H,3-4,6,8,14H2,1H3. The molecule has 1 saturated carbocycles. The molecule has 5 nitrogen and oxygen atoms in total. The summed E-state index contributed by atoms with van der Waals surface area (Å²) in [6, 6.07) is 4.72. The van der Waals surface area contributed by atoms with E-state index in [9.17, 15) is 13.5 Å². The highest BCUT2D eigenvalue weighted by Crippen LogP contribution is 2.25. The lowest BCUT2D eigenvalue weighted by Crippen LogP contribution is -2.29. The number of aryl methyl sites for hydroxylation is 1. The molecule has 1 aromatic carbocycles. The van der Waals surface area contributed by atoms with E-state index in [1.807, 2.05) is 6.92 Å². The Hall–Kier alpha value is -1.11. The van der Waals surface area contributed by atoms with Gasteiger partial charge >= 0.3 is 0 Å². The van der Waals surface area contributed by atoms with Crippen LogP contribution < -0.4 is 10.5 Å². The van der Waals surface area contributed by atoms with Gasteiger partial charge in [-0.05, 0) is 49.8 Å². The van der Waals surface area contributed by atoms with Crippen LogP contribution in [0.3, 0.4) is 0 Å². The van der Waals surface area contributed by atoms with E-state index >= 15 is 0 Å². The van der Waals surface area contributed by atoms with Crippen molar-refractivity contribution in [2.24, 2.45) is 5.92 Å². The number of aliphatic hydroxyl groups is 1. The van der Waals surface area contributed by atoms with Crippen LogP contribution in [0.1, 0.15) is 24.8 Å². The van der Waals surface area contributed by atoms with Gasteiger partial charge < -0.3 is 10.8 Å². The van der Waals surface area contributed by atoms with E-state index < -0.39 is 10.0 Å². The summed E-state index contributed by atoms with van der Waals surface area (Å²) in [4.78, 5) is 0.189. The Morgan fingerprint density at radius 2 is 2.16 bits per heavy atom. The predicted molar refractivity (Wildman–Crippen MR) is 74.1 cm³/mol. The molecule has 0 aromatic heterocycles. The number of nitrogens with two attached hydrogens (primary N) is 1. The lowest BCUT2D eigenvalue weighted by Gasteiger charge is -2.12. The molecular weight excluding hydrogens is 264 g/mol. The van der Waals surface area contributed by atoms with Gasteiger partial charge in [0, 0.05) is 12.2 Å². The molecule has 0 aliphatic heterocycles. The molecule has 1 aliphatic carbocycles. The predicted octanol–water partition coefficient (Wildman–Crippen LogP) is 1.02. The molecule has 6 heteroatoms. The fourth-order valence-electron chi connectivity index (χ4n) is 2.33. The molecule has 1 fully saturated rings. The van der Waals surface area contributed by atoms with Gasteiger partial charge in [-0.25, -0.2) is 13.1 Å². The van der Waals surface area contributed by atoms with E-state index in [-0.39, 0.29) is 16.9 Å². The summed E-state index contributed by atoms with van der Waals surface area (Å²) in [5.74, 6) is 0.215. The molecule has 1 aromatic rings. The normalized spacial score (nSPS) is 23.7. The van der Waals surface area contributed by atoms with E-state index in [2.05, 4.69) is 4.72 Å². The summed E-state index contributed by atoms with van der Waals surface area (Å²) in [7, 11) is -3.52. The first-order valence-corrected chi connectivity index (χ1v) is 7.90. The highest BCUT2D eigenvalue weighted by atomic mass is 32.2. The summed E-state index contributed by atoms with van der Waals surface area (Å²) in [6.45, 7) is 2.20. The molecule has 106 valence electrons. The Kier molecular flexibility index (Phi) is 4.13. The molecule has 0 bridgehead atoms. The molecular formula is C13H20N2O3S. The zero-order valence-corrected chi connectivity index (χ0v) is 11.8. The topological polar surface area (TPSA) is 92.4 Å². The minimum Gasteiger partial charge on any atom is -0.398 e. The van der Waals surface area contributed by atoms with Crippen molar-refractivity contribution in [3.63, 3.8) is 0 Å². The number of benzene rings is 1. The third-order valence-corrected chi connectivity index (χ3v) is 5.06. The first-order valence-electron chi connectivity index (χ1n) is 6.42. The average molecular weight is 284 g/mol. The van der Waals surface area contributed by atoms with Gasteiger partial charge in [-0.3, -0.25) is 0 Å². The number of aliphatic hydroxyl groups excluding tert-OH is 1. The average Bonchev–Trinajstić information content (AvgIpc) is 2.76. The number of nitrogen functional groups attached to an aromatic ring is 1. The number of rotatable bonds is 4. The van der Waals surface area contributed by atoms with Crippen molar-refractivity contribution in [3.8, 4) is 0 Å². The molecule has 0 heterocycles. The Balaban J connectivity index is 2.03. The fraction of sp³-hybridized carbons (Fsp3) is 0.538. The van der Waals surface area contributed by atoms with Crippen molar-refractivity contribution in [1.29, 1.82) is 0 Å². The second-order valence-corrected chi connectivity index (χ2v) is 6.97. The van der Waals surface area contributed by atoms with Gasteiger partial charge in [-0.15, -0.1) is 0 Å². The number of anilines is 1. The Morgan fingerprint density at radius 3 is 2.74 bits per heavy atom. The third kappa shape index (κ3) is 3.46. The first kappa shape index (κ1) is 14.3. The smallest absolute Gasteiger partial charge is 0.240 e. The van der Waals surface area contributed by atoms with Crippen LogP contribution in [0.5, 0.6) is 0 Å². The monoisotopic (exact) mass is 284 g/mol. The van der Waals surface area contributed by atoms with Crippen molar-refractivity contribution in [3.05, 3.63) is 23.8 Å².